The summed E-state index contributed by atoms with van der Waals surface area (Å²) < 4.78 is 10.8. The van der Waals surface area contributed by atoms with Crippen LogP contribution in [0.25, 0.3) is 0 Å². The Bertz CT molecular complexity index is 801. The third-order valence-electron chi connectivity index (χ3n) is 4.73. The maximum absolute atomic E-state index is 12.5. The number of allylic oxidation sites excluding steroid dienone is 2. The molecule has 1 aromatic carbocycles. The number of hydrogen-bond acceptors (Lipinski definition) is 5. The second-order valence-electron chi connectivity index (χ2n) is 6.09. The van der Waals surface area contributed by atoms with Crippen LogP contribution in [-0.4, -0.2) is 18.3 Å². The lowest BCUT2D eigenvalue weighted by atomic mass is 9.72. The van der Waals surface area contributed by atoms with Crippen molar-refractivity contribution in [2.75, 3.05) is 6.79 Å². The highest BCUT2D eigenvalue weighted by Gasteiger charge is 2.39. The Labute approximate surface area is 134 Å². The molecule has 0 radical (unpaired) electrons. The average Bonchev–Trinajstić information content (AvgIpc) is 3.01. The first-order valence-corrected chi connectivity index (χ1v) is 7.79. The summed E-state index contributed by atoms with van der Waals surface area (Å²) in [6.07, 6.45) is 2.17. The number of aliphatic imine (C=N–C) groups is 1. The van der Waals surface area contributed by atoms with Crippen LogP contribution in [0.4, 0.5) is 0 Å². The highest BCUT2D eigenvalue weighted by Crippen LogP contribution is 2.45. The molecule has 4 rings (SSSR count). The number of hydrogen-bond donors (Lipinski definition) is 0. The van der Waals surface area contributed by atoms with Crippen molar-refractivity contribution < 1.29 is 14.3 Å². The molecule has 23 heavy (non-hydrogen) atoms. The molecule has 116 valence electrons. The second-order valence-corrected chi connectivity index (χ2v) is 6.09. The van der Waals surface area contributed by atoms with Gasteiger partial charge in [-0.1, -0.05) is 6.07 Å². The van der Waals surface area contributed by atoms with E-state index in [1.54, 1.807) is 0 Å². The molecule has 5 nitrogen and oxygen atoms in total. The SMILES string of the molecule is CC1=NC2=C(C(=O)CCC2)C(c2ccc3c(c2)OCO3)C1C#N. The van der Waals surface area contributed by atoms with Gasteiger partial charge in [0.25, 0.3) is 0 Å². The average molecular weight is 308 g/mol. The van der Waals surface area contributed by atoms with Crippen LogP contribution >= 0.6 is 0 Å². The first-order valence-electron chi connectivity index (χ1n) is 7.79. The number of nitriles is 1. The molecule has 2 unspecified atom stereocenters. The molecule has 0 N–H and O–H groups in total. The summed E-state index contributed by atoms with van der Waals surface area (Å²) in [7, 11) is 0. The first-order chi connectivity index (χ1) is 11.2. The minimum absolute atomic E-state index is 0.116. The van der Waals surface area contributed by atoms with Crippen molar-refractivity contribution in [3.05, 3.63) is 35.0 Å². The van der Waals surface area contributed by atoms with Gasteiger partial charge >= 0.3 is 0 Å². The Balaban J connectivity index is 1.87. The largest absolute Gasteiger partial charge is 0.454 e. The van der Waals surface area contributed by atoms with E-state index in [0.717, 1.165) is 29.8 Å². The standard InChI is InChI=1S/C18H16N2O3/c1-10-12(8-19)17(18-13(20-10)3-2-4-14(18)21)11-5-6-15-16(7-11)23-9-22-15/h5-7,12,17H,2-4,9H2,1H3. The molecule has 0 saturated heterocycles. The number of fused-ring (bicyclic) bond motifs is 1. The number of carbonyl (C=O) groups is 1. The van der Waals surface area contributed by atoms with Gasteiger partial charge in [-0.15, -0.1) is 0 Å². The summed E-state index contributed by atoms with van der Waals surface area (Å²) >= 11 is 0. The lowest BCUT2D eigenvalue weighted by Gasteiger charge is -2.32. The zero-order chi connectivity index (χ0) is 16.0. The van der Waals surface area contributed by atoms with Gasteiger partial charge in [0.05, 0.1) is 12.0 Å². The van der Waals surface area contributed by atoms with Crippen molar-refractivity contribution in [2.45, 2.75) is 32.1 Å². The van der Waals surface area contributed by atoms with Gasteiger partial charge in [0.2, 0.25) is 6.79 Å². The highest BCUT2D eigenvalue weighted by molar-refractivity contribution is 6.03. The molecule has 2 aliphatic heterocycles. The number of nitrogens with zero attached hydrogens (tertiary/aromatic N) is 2. The lowest BCUT2D eigenvalue weighted by Crippen LogP contribution is -2.30. The number of rotatable bonds is 1. The van der Waals surface area contributed by atoms with Crippen molar-refractivity contribution in [2.24, 2.45) is 10.9 Å². The molecule has 5 heteroatoms. The van der Waals surface area contributed by atoms with Crippen molar-refractivity contribution in [1.29, 1.82) is 5.26 Å². The van der Waals surface area contributed by atoms with Gasteiger partial charge in [-0.05, 0) is 37.5 Å². The van der Waals surface area contributed by atoms with Gasteiger partial charge in [0, 0.05) is 29.3 Å². The second kappa shape index (κ2) is 5.24. The summed E-state index contributed by atoms with van der Waals surface area (Å²) in [5, 5.41) is 9.64. The van der Waals surface area contributed by atoms with Crippen LogP contribution in [-0.2, 0) is 4.79 Å². The van der Waals surface area contributed by atoms with E-state index < -0.39 is 5.92 Å². The van der Waals surface area contributed by atoms with Crippen molar-refractivity contribution in [3.63, 3.8) is 0 Å². The quantitative estimate of drug-likeness (QED) is 0.799. The number of Topliss-reactive ketones (excluding diaryl/α,β-unsaturated/α-hetero) is 1. The van der Waals surface area contributed by atoms with Crippen molar-refractivity contribution in [1.82, 2.24) is 0 Å². The molecule has 0 aromatic heterocycles. The zero-order valence-electron chi connectivity index (χ0n) is 12.8. The molecule has 2 heterocycles. The summed E-state index contributed by atoms with van der Waals surface area (Å²) in [6, 6.07) is 8.00. The van der Waals surface area contributed by atoms with Crippen molar-refractivity contribution in [3.8, 4) is 17.6 Å². The number of carbonyl (C=O) groups excluding carboxylic acids is 1. The van der Waals surface area contributed by atoms with Crippen molar-refractivity contribution >= 4 is 11.5 Å². The summed E-state index contributed by atoms with van der Waals surface area (Å²) in [5.74, 6) is 0.800. The lowest BCUT2D eigenvalue weighted by molar-refractivity contribution is -0.116. The van der Waals surface area contributed by atoms with E-state index in [9.17, 15) is 10.1 Å². The molecule has 0 bridgehead atoms. The highest BCUT2D eigenvalue weighted by atomic mass is 16.7. The molecule has 2 atom stereocenters. The van der Waals surface area contributed by atoms with Gasteiger partial charge in [-0.3, -0.25) is 9.79 Å². The fourth-order valence-electron chi connectivity index (χ4n) is 3.64. The Morgan fingerprint density at radius 3 is 2.91 bits per heavy atom. The molecule has 1 aliphatic carbocycles. The normalized spacial score (nSPS) is 25.7. The Kier molecular flexibility index (Phi) is 3.19. The minimum atomic E-state index is -0.420. The third kappa shape index (κ3) is 2.14. The van der Waals surface area contributed by atoms with E-state index in [1.165, 1.54) is 0 Å². The fourth-order valence-corrected chi connectivity index (χ4v) is 3.64. The van der Waals surface area contributed by atoms with Gasteiger partial charge in [-0.25, -0.2) is 0 Å². The molecule has 3 aliphatic rings. The maximum Gasteiger partial charge on any atom is 0.231 e. The van der Waals surface area contributed by atoms with Gasteiger partial charge in [0.1, 0.15) is 0 Å². The van der Waals surface area contributed by atoms with Crippen LogP contribution in [0.1, 0.15) is 37.7 Å². The molecule has 0 saturated carbocycles. The topological polar surface area (TPSA) is 71.7 Å². The Hall–Kier alpha value is -2.61. The van der Waals surface area contributed by atoms with E-state index >= 15 is 0 Å². The van der Waals surface area contributed by atoms with Crippen LogP contribution in [0, 0.1) is 17.2 Å². The molecule has 0 spiro atoms. The smallest absolute Gasteiger partial charge is 0.231 e. The monoisotopic (exact) mass is 308 g/mol. The number of ether oxygens (including phenoxy) is 2. The maximum atomic E-state index is 12.5. The first kappa shape index (κ1) is 14.0. The van der Waals surface area contributed by atoms with E-state index in [2.05, 4.69) is 11.1 Å². The summed E-state index contributed by atoms with van der Waals surface area (Å²) in [6.45, 7) is 2.08. The summed E-state index contributed by atoms with van der Waals surface area (Å²) in [5.41, 5.74) is 3.27. The van der Waals surface area contributed by atoms with E-state index in [4.69, 9.17) is 9.47 Å². The predicted octanol–water partition coefficient (Wildman–Crippen LogP) is 3.12. The minimum Gasteiger partial charge on any atom is -0.454 e. The van der Waals surface area contributed by atoms with Gasteiger partial charge < -0.3 is 9.47 Å². The molecule has 0 fully saturated rings. The fraction of sp³-hybridized carbons (Fsp3) is 0.389. The predicted molar refractivity (Wildman–Crippen MR) is 83.4 cm³/mol. The number of ketones is 1. The molecule has 1 aromatic rings. The zero-order valence-corrected chi connectivity index (χ0v) is 12.8. The van der Waals surface area contributed by atoms with E-state index in [0.29, 0.717) is 23.5 Å². The van der Waals surface area contributed by atoms with Gasteiger partial charge in [-0.2, -0.15) is 5.26 Å². The summed E-state index contributed by atoms with van der Waals surface area (Å²) in [4.78, 5) is 17.1. The van der Waals surface area contributed by atoms with Crippen LogP contribution in [0.3, 0.4) is 0 Å². The number of benzene rings is 1. The van der Waals surface area contributed by atoms with Crippen LogP contribution < -0.4 is 9.47 Å². The van der Waals surface area contributed by atoms with Crippen LogP contribution in [0.5, 0.6) is 11.5 Å². The van der Waals surface area contributed by atoms with E-state index in [-0.39, 0.29) is 18.5 Å². The molecule has 0 amide bonds. The third-order valence-corrected chi connectivity index (χ3v) is 4.73. The Morgan fingerprint density at radius 2 is 2.09 bits per heavy atom. The molecular formula is C18H16N2O3. The Morgan fingerprint density at radius 1 is 1.26 bits per heavy atom. The van der Waals surface area contributed by atoms with Gasteiger partial charge in [0.15, 0.2) is 17.3 Å². The van der Waals surface area contributed by atoms with E-state index in [1.807, 2.05) is 25.1 Å². The van der Waals surface area contributed by atoms with Crippen LogP contribution in [0.15, 0.2) is 34.5 Å². The molecular weight excluding hydrogens is 292 g/mol. The van der Waals surface area contributed by atoms with Crippen LogP contribution in [0.2, 0.25) is 0 Å².